The minimum absolute atomic E-state index is 0.140. The highest BCUT2D eigenvalue weighted by Crippen LogP contribution is 2.25. The normalized spacial score (nSPS) is 11.5. The fourth-order valence-electron chi connectivity index (χ4n) is 0.974. The van der Waals surface area contributed by atoms with Crippen molar-refractivity contribution in [3.05, 3.63) is 23.8 Å². The highest BCUT2D eigenvalue weighted by atomic mass is 19.1. The van der Waals surface area contributed by atoms with Crippen LogP contribution in [0.3, 0.4) is 0 Å². The maximum Gasteiger partial charge on any atom is 0.152 e. The molecule has 0 atom stereocenters. The quantitative estimate of drug-likeness (QED) is 0.709. The van der Waals surface area contributed by atoms with E-state index in [0.29, 0.717) is 0 Å². The van der Waals surface area contributed by atoms with Crippen LogP contribution in [0.5, 0.6) is 5.75 Å². The van der Waals surface area contributed by atoms with Gasteiger partial charge in [0.15, 0.2) is 11.6 Å². The standard InChI is InChI=1S/C10H13F2NO/c1-10(2,3)14-6-4-7(11)9(13)8(12)5-6/h4-5H,13H2,1-3H3. The largest absolute Gasteiger partial charge is 0.488 e. The first-order valence-corrected chi connectivity index (χ1v) is 4.23. The Morgan fingerprint density at radius 1 is 1.14 bits per heavy atom. The van der Waals surface area contributed by atoms with Crippen LogP contribution >= 0.6 is 0 Å². The van der Waals surface area contributed by atoms with E-state index in [-0.39, 0.29) is 5.75 Å². The van der Waals surface area contributed by atoms with E-state index < -0.39 is 22.9 Å². The molecule has 1 rings (SSSR count). The Bertz CT molecular complexity index is 321. The molecular formula is C10H13F2NO. The number of benzene rings is 1. The number of rotatable bonds is 1. The molecule has 0 saturated carbocycles. The summed E-state index contributed by atoms with van der Waals surface area (Å²) in [7, 11) is 0. The van der Waals surface area contributed by atoms with Crippen LogP contribution in [0.4, 0.5) is 14.5 Å². The fourth-order valence-corrected chi connectivity index (χ4v) is 0.974. The van der Waals surface area contributed by atoms with Gasteiger partial charge in [0.05, 0.1) is 0 Å². The van der Waals surface area contributed by atoms with Crippen molar-refractivity contribution in [3.63, 3.8) is 0 Å². The van der Waals surface area contributed by atoms with Crippen molar-refractivity contribution in [1.82, 2.24) is 0 Å². The highest BCUT2D eigenvalue weighted by molar-refractivity contribution is 5.45. The predicted octanol–water partition coefficient (Wildman–Crippen LogP) is 2.72. The molecule has 0 aliphatic heterocycles. The van der Waals surface area contributed by atoms with Crippen LogP contribution in [0.2, 0.25) is 0 Å². The third kappa shape index (κ3) is 2.58. The summed E-state index contributed by atoms with van der Waals surface area (Å²) < 4.78 is 31.2. The topological polar surface area (TPSA) is 35.2 Å². The summed E-state index contributed by atoms with van der Waals surface area (Å²) >= 11 is 0. The molecular weight excluding hydrogens is 188 g/mol. The molecule has 14 heavy (non-hydrogen) atoms. The lowest BCUT2D eigenvalue weighted by atomic mass is 10.2. The third-order valence-corrected chi connectivity index (χ3v) is 1.48. The maximum atomic E-state index is 13.0. The fraction of sp³-hybridized carbons (Fsp3) is 0.400. The number of anilines is 1. The first kappa shape index (κ1) is 10.8. The number of nitrogens with two attached hydrogens (primary N) is 1. The lowest BCUT2D eigenvalue weighted by Gasteiger charge is -2.21. The second-order valence-corrected chi connectivity index (χ2v) is 4.02. The van der Waals surface area contributed by atoms with Crippen molar-refractivity contribution in [2.24, 2.45) is 0 Å². The zero-order valence-electron chi connectivity index (χ0n) is 8.40. The van der Waals surface area contributed by atoms with Crippen molar-refractivity contribution >= 4 is 5.69 Å². The van der Waals surface area contributed by atoms with Gasteiger partial charge in [-0.3, -0.25) is 0 Å². The minimum atomic E-state index is -0.802. The van der Waals surface area contributed by atoms with Gasteiger partial charge < -0.3 is 10.5 Å². The Hall–Kier alpha value is -1.32. The number of ether oxygens (including phenoxy) is 1. The molecule has 0 aliphatic rings. The summed E-state index contributed by atoms with van der Waals surface area (Å²) in [5, 5.41) is 0. The summed E-state index contributed by atoms with van der Waals surface area (Å²) in [5.41, 5.74) is 4.14. The molecule has 78 valence electrons. The SMILES string of the molecule is CC(C)(C)Oc1cc(F)c(N)c(F)c1. The van der Waals surface area contributed by atoms with Gasteiger partial charge in [-0.15, -0.1) is 0 Å². The molecule has 4 heteroatoms. The van der Waals surface area contributed by atoms with Crippen molar-refractivity contribution in [1.29, 1.82) is 0 Å². The van der Waals surface area contributed by atoms with Gasteiger partial charge >= 0.3 is 0 Å². The third-order valence-electron chi connectivity index (χ3n) is 1.48. The summed E-state index contributed by atoms with van der Waals surface area (Å²) in [6.45, 7) is 5.37. The van der Waals surface area contributed by atoms with Crippen LogP contribution in [0.15, 0.2) is 12.1 Å². The van der Waals surface area contributed by atoms with E-state index in [1.165, 1.54) is 0 Å². The molecule has 2 N–H and O–H groups in total. The number of halogens is 2. The van der Waals surface area contributed by atoms with Gasteiger partial charge in [0.2, 0.25) is 0 Å². The van der Waals surface area contributed by atoms with E-state index >= 15 is 0 Å². The molecule has 0 unspecified atom stereocenters. The molecule has 0 fully saturated rings. The predicted molar refractivity (Wildman–Crippen MR) is 51.2 cm³/mol. The zero-order chi connectivity index (χ0) is 10.9. The van der Waals surface area contributed by atoms with E-state index in [0.717, 1.165) is 12.1 Å². The molecule has 0 radical (unpaired) electrons. The molecule has 0 amide bonds. The molecule has 0 saturated heterocycles. The monoisotopic (exact) mass is 201 g/mol. The van der Waals surface area contributed by atoms with E-state index in [1.54, 1.807) is 20.8 Å². The number of hydrogen-bond donors (Lipinski definition) is 1. The summed E-state index contributed by atoms with van der Waals surface area (Å²) in [5.74, 6) is -1.46. The average Bonchev–Trinajstić information content (AvgIpc) is 1.96. The smallest absolute Gasteiger partial charge is 0.152 e. The van der Waals surface area contributed by atoms with Crippen LogP contribution in [-0.4, -0.2) is 5.60 Å². The molecule has 0 bridgehead atoms. The van der Waals surface area contributed by atoms with Crippen LogP contribution in [-0.2, 0) is 0 Å². The maximum absolute atomic E-state index is 13.0. The van der Waals surface area contributed by atoms with Crippen LogP contribution < -0.4 is 10.5 Å². The Balaban J connectivity index is 3.02. The summed E-state index contributed by atoms with van der Waals surface area (Å²) in [4.78, 5) is 0. The first-order chi connectivity index (χ1) is 6.29. The van der Waals surface area contributed by atoms with Crippen molar-refractivity contribution in [2.45, 2.75) is 26.4 Å². The highest BCUT2D eigenvalue weighted by Gasteiger charge is 2.15. The van der Waals surface area contributed by atoms with Gasteiger partial charge in [-0.05, 0) is 20.8 Å². The summed E-state index contributed by atoms with van der Waals surface area (Å²) in [6.07, 6.45) is 0. The molecule has 0 heterocycles. The van der Waals surface area contributed by atoms with Gasteiger partial charge in [-0.25, -0.2) is 8.78 Å². The lowest BCUT2D eigenvalue weighted by molar-refractivity contribution is 0.130. The van der Waals surface area contributed by atoms with Gasteiger partial charge in [0.1, 0.15) is 17.0 Å². The van der Waals surface area contributed by atoms with Gasteiger partial charge in [-0.1, -0.05) is 0 Å². The van der Waals surface area contributed by atoms with E-state index in [1.807, 2.05) is 0 Å². The Morgan fingerprint density at radius 3 is 1.93 bits per heavy atom. The van der Waals surface area contributed by atoms with Crippen molar-refractivity contribution in [3.8, 4) is 5.75 Å². The van der Waals surface area contributed by atoms with Crippen LogP contribution in [0.1, 0.15) is 20.8 Å². The average molecular weight is 201 g/mol. The van der Waals surface area contributed by atoms with Crippen LogP contribution in [0, 0.1) is 11.6 Å². The second kappa shape index (κ2) is 3.44. The zero-order valence-corrected chi connectivity index (χ0v) is 8.40. The molecule has 2 nitrogen and oxygen atoms in total. The van der Waals surface area contributed by atoms with E-state index in [9.17, 15) is 8.78 Å². The van der Waals surface area contributed by atoms with E-state index in [2.05, 4.69) is 0 Å². The summed E-state index contributed by atoms with van der Waals surface area (Å²) in [6, 6.07) is 2.15. The van der Waals surface area contributed by atoms with Crippen molar-refractivity contribution in [2.75, 3.05) is 5.73 Å². The lowest BCUT2D eigenvalue weighted by Crippen LogP contribution is -2.23. The molecule has 0 spiro atoms. The molecule has 0 aromatic heterocycles. The number of nitrogen functional groups attached to an aromatic ring is 1. The first-order valence-electron chi connectivity index (χ1n) is 4.23. The van der Waals surface area contributed by atoms with Crippen molar-refractivity contribution < 1.29 is 13.5 Å². The Morgan fingerprint density at radius 2 is 1.57 bits per heavy atom. The van der Waals surface area contributed by atoms with Gasteiger partial charge in [0.25, 0.3) is 0 Å². The van der Waals surface area contributed by atoms with Gasteiger partial charge in [-0.2, -0.15) is 0 Å². The second-order valence-electron chi connectivity index (χ2n) is 4.02. The van der Waals surface area contributed by atoms with Crippen LogP contribution in [0.25, 0.3) is 0 Å². The Kier molecular flexibility index (Phi) is 2.64. The Labute approximate surface area is 81.7 Å². The molecule has 0 aliphatic carbocycles. The molecule has 1 aromatic rings. The van der Waals surface area contributed by atoms with E-state index in [4.69, 9.17) is 10.5 Å². The number of hydrogen-bond acceptors (Lipinski definition) is 2. The minimum Gasteiger partial charge on any atom is -0.488 e. The molecule has 1 aromatic carbocycles. The van der Waals surface area contributed by atoms with Gasteiger partial charge in [0, 0.05) is 12.1 Å².